The van der Waals surface area contributed by atoms with Gasteiger partial charge in [-0.05, 0) is 72.0 Å². The minimum Gasteiger partial charge on any atom is -0.330 e. The Kier molecular flexibility index (Phi) is 4.82. The van der Waals surface area contributed by atoms with Gasteiger partial charge in [0.25, 0.3) is 10.0 Å². The number of halogens is 1. The SMILES string of the molecule is NCCc1ccc(S(=O)(=O)Nc2ccc(I)cc2)s1. The molecule has 0 bridgehead atoms. The zero-order valence-electron chi connectivity index (χ0n) is 9.97. The highest BCUT2D eigenvalue weighted by molar-refractivity contribution is 14.1. The van der Waals surface area contributed by atoms with E-state index < -0.39 is 10.0 Å². The van der Waals surface area contributed by atoms with Crippen molar-refractivity contribution in [2.75, 3.05) is 11.3 Å². The lowest BCUT2D eigenvalue weighted by Gasteiger charge is -2.05. The van der Waals surface area contributed by atoms with Crippen molar-refractivity contribution in [3.05, 3.63) is 44.8 Å². The lowest BCUT2D eigenvalue weighted by Crippen LogP contribution is -2.11. The molecule has 7 heteroatoms. The molecule has 0 aliphatic carbocycles. The summed E-state index contributed by atoms with van der Waals surface area (Å²) in [7, 11) is -3.50. The van der Waals surface area contributed by atoms with E-state index in [0.29, 0.717) is 22.9 Å². The van der Waals surface area contributed by atoms with Crippen molar-refractivity contribution in [1.82, 2.24) is 0 Å². The summed E-state index contributed by atoms with van der Waals surface area (Å²) < 4.78 is 28.3. The Balaban J connectivity index is 2.19. The zero-order chi connectivity index (χ0) is 13.9. The van der Waals surface area contributed by atoms with Crippen molar-refractivity contribution < 1.29 is 8.42 Å². The van der Waals surface area contributed by atoms with Crippen LogP contribution >= 0.6 is 33.9 Å². The van der Waals surface area contributed by atoms with Crippen LogP contribution in [-0.4, -0.2) is 15.0 Å². The van der Waals surface area contributed by atoms with Crippen LogP contribution in [0.5, 0.6) is 0 Å². The maximum absolute atomic E-state index is 12.2. The molecule has 2 rings (SSSR count). The van der Waals surface area contributed by atoms with Crippen molar-refractivity contribution in [3.63, 3.8) is 0 Å². The van der Waals surface area contributed by atoms with Crippen molar-refractivity contribution in [2.24, 2.45) is 5.73 Å². The fourth-order valence-corrected chi connectivity index (χ4v) is 4.29. The number of thiophene rings is 1. The summed E-state index contributed by atoms with van der Waals surface area (Å²) in [4.78, 5) is 0.977. The molecule has 1 aromatic carbocycles. The highest BCUT2D eigenvalue weighted by atomic mass is 127. The lowest BCUT2D eigenvalue weighted by molar-refractivity contribution is 0.603. The summed E-state index contributed by atoms with van der Waals surface area (Å²) in [6.07, 6.45) is 0.698. The smallest absolute Gasteiger partial charge is 0.271 e. The van der Waals surface area contributed by atoms with Crippen molar-refractivity contribution in [3.8, 4) is 0 Å². The number of rotatable bonds is 5. The van der Waals surface area contributed by atoms with E-state index in [1.165, 1.54) is 11.3 Å². The van der Waals surface area contributed by atoms with Crippen molar-refractivity contribution in [1.29, 1.82) is 0 Å². The van der Waals surface area contributed by atoms with E-state index in [1.807, 2.05) is 12.1 Å². The molecule has 0 saturated heterocycles. The summed E-state index contributed by atoms with van der Waals surface area (Å²) in [6, 6.07) is 10.6. The largest absolute Gasteiger partial charge is 0.330 e. The quantitative estimate of drug-likeness (QED) is 0.748. The maximum Gasteiger partial charge on any atom is 0.271 e. The molecule has 0 aliphatic rings. The Labute approximate surface area is 130 Å². The van der Waals surface area contributed by atoms with Gasteiger partial charge in [-0.1, -0.05) is 0 Å². The molecule has 2 aromatic rings. The third kappa shape index (κ3) is 3.91. The molecule has 102 valence electrons. The number of hydrogen-bond donors (Lipinski definition) is 2. The summed E-state index contributed by atoms with van der Waals surface area (Å²) in [6.45, 7) is 0.518. The van der Waals surface area contributed by atoms with Crippen LogP contribution in [0.2, 0.25) is 0 Å². The van der Waals surface area contributed by atoms with E-state index in [1.54, 1.807) is 24.3 Å². The zero-order valence-corrected chi connectivity index (χ0v) is 13.8. The van der Waals surface area contributed by atoms with Crippen LogP contribution in [0.3, 0.4) is 0 Å². The summed E-state index contributed by atoms with van der Waals surface area (Å²) in [5.41, 5.74) is 6.02. The van der Waals surface area contributed by atoms with Crippen LogP contribution in [0.15, 0.2) is 40.6 Å². The molecule has 1 heterocycles. The van der Waals surface area contributed by atoms with Crippen LogP contribution < -0.4 is 10.5 Å². The molecule has 3 N–H and O–H groups in total. The average molecular weight is 408 g/mol. The van der Waals surface area contributed by atoms with Gasteiger partial charge >= 0.3 is 0 Å². The van der Waals surface area contributed by atoms with Gasteiger partial charge in [0, 0.05) is 14.1 Å². The molecule has 0 saturated carbocycles. The van der Waals surface area contributed by atoms with Gasteiger partial charge in [0.15, 0.2) is 0 Å². The van der Waals surface area contributed by atoms with Crippen molar-refractivity contribution >= 4 is 49.6 Å². The highest BCUT2D eigenvalue weighted by Gasteiger charge is 2.16. The minimum absolute atomic E-state index is 0.314. The first-order valence-electron chi connectivity index (χ1n) is 5.58. The van der Waals surface area contributed by atoms with Crippen LogP contribution in [0.1, 0.15) is 4.88 Å². The third-order valence-corrected chi connectivity index (χ3v) is 6.13. The number of sulfonamides is 1. The Morgan fingerprint density at radius 1 is 1.16 bits per heavy atom. The molecule has 0 atom stereocenters. The van der Waals surface area contributed by atoms with Gasteiger partial charge in [0.2, 0.25) is 0 Å². The molecule has 0 aliphatic heterocycles. The highest BCUT2D eigenvalue weighted by Crippen LogP contribution is 2.24. The van der Waals surface area contributed by atoms with Crippen LogP contribution in [0.25, 0.3) is 0 Å². The predicted molar refractivity (Wildman–Crippen MR) is 87.0 cm³/mol. The van der Waals surface area contributed by atoms with E-state index in [4.69, 9.17) is 5.73 Å². The molecule has 0 radical (unpaired) electrons. The van der Waals surface area contributed by atoms with Gasteiger partial charge in [0.05, 0.1) is 0 Å². The van der Waals surface area contributed by atoms with Crippen molar-refractivity contribution in [2.45, 2.75) is 10.6 Å². The van der Waals surface area contributed by atoms with Gasteiger partial charge in [0.1, 0.15) is 4.21 Å². The second kappa shape index (κ2) is 6.21. The number of nitrogens with two attached hydrogens (primary N) is 1. The molecule has 4 nitrogen and oxygen atoms in total. The predicted octanol–water partition coefficient (Wildman–Crippen LogP) is 2.65. The molecule has 0 fully saturated rings. The van der Waals surface area contributed by atoms with E-state index in [9.17, 15) is 8.42 Å². The average Bonchev–Trinajstić information content (AvgIpc) is 2.82. The van der Waals surface area contributed by atoms with Crippen LogP contribution in [0, 0.1) is 3.57 Å². The Hall–Kier alpha value is -0.640. The molecule has 19 heavy (non-hydrogen) atoms. The summed E-state index contributed by atoms with van der Waals surface area (Å²) >= 11 is 3.43. The van der Waals surface area contributed by atoms with Crippen LogP contribution in [0.4, 0.5) is 5.69 Å². The number of hydrogen-bond acceptors (Lipinski definition) is 4. The molecule has 0 spiro atoms. The maximum atomic E-state index is 12.2. The van der Waals surface area contributed by atoms with Gasteiger partial charge in [-0.15, -0.1) is 11.3 Å². The lowest BCUT2D eigenvalue weighted by atomic mass is 10.3. The van der Waals surface area contributed by atoms with Gasteiger partial charge < -0.3 is 5.73 Å². The molecular formula is C12H13IN2O2S2. The summed E-state index contributed by atoms with van der Waals surface area (Å²) in [5, 5.41) is 0. The van der Waals surface area contributed by atoms with Gasteiger partial charge in [-0.25, -0.2) is 8.42 Å². The molecular weight excluding hydrogens is 395 g/mol. The number of nitrogens with one attached hydrogen (secondary N) is 1. The molecule has 0 amide bonds. The second-order valence-electron chi connectivity index (χ2n) is 3.87. The van der Waals surface area contributed by atoms with E-state index in [-0.39, 0.29) is 0 Å². The fraction of sp³-hybridized carbons (Fsp3) is 0.167. The van der Waals surface area contributed by atoms with Gasteiger partial charge in [-0.2, -0.15) is 0 Å². The summed E-state index contributed by atoms with van der Waals surface area (Å²) in [5.74, 6) is 0. The fourth-order valence-electron chi connectivity index (χ4n) is 1.50. The first kappa shape index (κ1) is 14.8. The third-order valence-electron chi connectivity index (χ3n) is 2.39. The van der Waals surface area contributed by atoms with Crippen LogP contribution in [-0.2, 0) is 16.4 Å². The van der Waals surface area contributed by atoms with Gasteiger partial charge in [-0.3, -0.25) is 4.72 Å². The van der Waals surface area contributed by atoms with E-state index in [2.05, 4.69) is 27.3 Å². The Bertz CT molecular complexity index is 651. The standard InChI is InChI=1S/C12H13IN2O2S2/c13-9-1-3-10(4-2-9)15-19(16,17)12-6-5-11(18-12)7-8-14/h1-6,15H,7-8,14H2. The Morgan fingerprint density at radius 3 is 2.47 bits per heavy atom. The normalized spacial score (nSPS) is 11.5. The monoisotopic (exact) mass is 408 g/mol. The van der Waals surface area contributed by atoms with E-state index >= 15 is 0 Å². The minimum atomic E-state index is -3.50. The second-order valence-corrected chi connectivity index (χ2v) is 8.20. The molecule has 1 aromatic heterocycles. The topological polar surface area (TPSA) is 72.2 Å². The first-order chi connectivity index (χ1) is 9.01. The molecule has 0 unspecified atom stereocenters. The number of benzene rings is 1. The van der Waals surface area contributed by atoms with E-state index in [0.717, 1.165) is 8.45 Å². The Morgan fingerprint density at radius 2 is 1.84 bits per heavy atom. The first-order valence-corrected chi connectivity index (χ1v) is 8.96. The number of anilines is 1.